The third-order valence-electron chi connectivity index (χ3n) is 5.05. The highest BCUT2D eigenvalue weighted by Crippen LogP contribution is 2.33. The number of hydrogen-bond donors (Lipinski definition) is 0. The van der Waals surface area contributed by atoms with Crippen LogP contribution in [-0.4, -0.2) is 46.6 Å². The van der Waals surface area contributed by atoms with Gasteiger partial charge in [0.05, 0.1) is 27.0 Å². The number of nitrogens with zero attached hydrogens (tertiary/aromatic N) is 4. The van der Waals surface area contributed by atoms with Crippen molar-refractivity contribution >= 4 is 5.91 Å². The molecule has 0 N–H and O–H groups in total. The molecule has 7 nitrogen and oxygen atoms in total. The molecule has 0 spiro atoms. The van der Waals surface area contributed by atoms with E-state index in [4.69, 9.17) is 9.47 Å². The van der Waals surface area contributed by atoms with Gasteiger partial charge < -0.3 is 14.4 Å². The SMILES string of the molecule is COc1cc2c(cc1OC)CN(C(=O)c1cn(Cc3ccccc3F)nn1)CC2. The smallest absolute Gasteiger partial charge is 0.276 e. The minimum absolute atomic E-state index is 0.204. The summed E-state index contributed by atoms with van der Waals surface area (Å²) in [5.74, 6) is 0.802. The maximum Gasteiger partial charge on any atom is 0.276 e. The van der Waals surface area contributed by atoms with Crippen LogP contribution in [0.25, 0.3) is 0 Å². The van der Waals surface area contributed by atoms with Gasteiger partial charge in [0.25, 0.3) is 5.91 Å². The summed E-state index contributed by atoms with van der Waals surface area (Å²) in [6.07, 6.45) is 2.27. The predicted molar refractivity (Wildman–Crippen MR) is 104 cm³/mol. The number of halogens is 1. The first kappa shape index (κ1) is 18.9. The van der Waals surface area contributed by atoms with Crippen LogP contribution < -0.4 is 9.47 Å². The predicted octanol–water partition coefficient (Wildman–Crippen LogP) is 2.68. The Morgan fingerprint density at radius 2 is 1.86 bits per heavy atom. The highest BCUT2D eigenvalue weighted by molar-refractivity contribution is 5.92. The van der Waals surface area contributed by atoms with Crippen LogP contribution in [0.4, 0.5) is 4.39 Å². The number of hydrogen-bond acceptors (Lipinski definition) is 5. The van der Waals surface area contributed by atoms with Crippen molar-refractivity contribution in [2.45, 2.75) is 19.5 Å². The molecule has 0 atom stereocenters. The fraction of sp³-hybridized carbons (Fsp3) is 0.286. The molecule has 0 saturated heterocycles. The van der Waals surface area contributed by atoms with Gasteiger partial charge in [-0.2, -0.15) is 0 Å². The summed E-state index contributed by atoms with van der Waals surface area (Å²) < 4.78 is 26.0. The second kappa shape index (κ2) is 7.90. The van der Waals surface area contributed by atoms with Crippen molar-refractivity contribution in [2.75, 3.05) is 20.8 Å². The summed E-state index contributed by atoms with van der Waals surface area (Å²) in [6, 6.07) is 10.3. The van der Waals surface area contributed by atoms with E-state index in [-0.39, 0.29) is 24.0 Å². The number of carbonyl (C=O) groups is 1. The van der Waals surface area contributed by atoms with Gasteiger partial charge in [0, 0.05) is 18.7 Å². The largest absolute Gasteiger partial charge is 0.493 e. The summed E-state index contributed by atoms with van der Waals surface area (Å²) in [5, 5.41) is 7.97. The molecule has 8 heteroatoms. The van der Waals surface area contributed by atoms with E-state index < -0.39 is 0 Å². The van der Waals surface area contributed by atoms with Crippen LogP contribution in [0.2, 0.25) is 0 Å². The van der Waals surface area contributed by atoms with Gasteiger partial charge in [0.2, 0.25) is 0 Å². The molecule has 0 unspecified atom stereocenters. The number of benzene rings is 2. The van der Waals surface area contributed by atoms with E-state index >= 15 is 0 Å². The van der Waals surface area contributed by atoms with E-state index in [1.807, 2.05) is 12.1 Å². The molecular formula is C21H21FN4O3. The maximum atomic E-state index is 13.8. The summed E-state index contributed by atoms with van der Waals surface area (Å²) in [4.78, 5) is 14.6. The van der Waals surface area contributed by atoms with E-state index in [1.165, 1.54) is 10.7 Å². The Bertz CT molecular complexity index is 1050. The molecule has 0 radical (unpaired) electrons. The molecule has 2 heterocycles. The molecule has 0 saturated carbocycles. The molecule has 3 aromatic rings. The fourth-order valence-corrected chi connectivity index (χ4v) is 3.49. The van der Waals surface area contributed by atoms with Gasteiger partial charge in [-0.25, -0.2) is 9.07 Å². The molecule has 0 fully saturated rings. The minimum atomic E-state index is -0.312. The number of rotatable bonds is 5. The van der Waals surface area contributed by atoms with E-state index in [2.05, 4.69) is 10.3 Å². The van der Waals surface area contributed by atoms with Crippen molar-refractivity contribution in [1.82, 2.24) is 19.9 Å². The molecule has 1 aliphatic heterocycles. The molecule has 0 aliphatic carbocycles. The van der Waals surface area contributed by atoms with E-state index in [9.17, 15) is 9.18 Å². The van der Waals surface area contributed by atoms with Crippen LogP contribution in [0.1, 0.15) is 27.2 Å². The third kappa shape index (κ3) is 3.78. The first-order valence-corrected chi connectivity index (χ1v) is 9.25. The van der Waals surface area contributed by atoms with Crippen molar-refractivity contribution in [3.8, 4) is 11.5 Å². The van der Waals surface area contributed by atoms with Gasteiger partial charge in [-0.1, -0.05) is 23.4 Å². The Hall–Kier alpha value is -3.42. The monoisotopic (exact) mass is 396 g/mol. The summed E-state index contributed by atoms with van der Waals surface area (Å²) in [6.45, 7) is 1.24. The molecule has 1 aromatic heterocycles. The Morgan fingerprint density at radius 1 is 1.14 bits per heavy atom. The van der Waals surface area contributed by atoms with E-state index in [0.717, 1.165) is 11.1 Å². The zero-order chi connectivity index (χ0) is 20.4. The quantitative estimate of drug-likeness (QED) is 0.663. The van der Waals surface area contributed by atoms with Crippen molar-refractivity contribution < 1.29 is 18.7 Å². The van der Waals surface area contributed by atoms with Gasteiger partial charge in [-0.05, 0) is 35.7 Å². The van der Waals surface area contributed by atoms with Crippen molar-refractivity contribution in [1.29, 1.82) is 0 Å². The summed E-state index contributed by atoms with van der Waals surface area (Å²) in [5.41, 5.74) is 2.88. The zero-order valence-electron chi connectivity index (χ0n) is 16.3. The molecule has 1 amide bonds. The molecule has 4 rings (SSSR count). The first-order valence-electron chi connectivity index (χ1n) is 9.25. The number of methoxy groups -OCH3 is 2. The standard InChI is InChI=1S/C21H21FN4O3/c1-28-19-9-14-7-8-25(11-16(14)10-20(19)29-2)21(27)18-13-26(24-23-18)12-15-5-3-4-6-17(15)22/h3-6,9-10,13H,7-8,11-12H2,1-2H3. The van der Waals surface area contributed by atoms with Gasteiger partial charge >= 0.3 is 0 Å². The molecule has 150 valence electrons. The molecule has 2 aromatic carbocycles. The number of aromatic nitrogens is 3. The van der Waals surface area contributed by atoms with Crippen molar-refractivity contribution in [3.63, 3.8) is 0 Å². The molecule has 29 heavy (non-hydrogen) atoms. The van der Waals surface area contributed by atoms with Crippen LogP contribution >= 0.6 is 0 Å². The molecule has 0 bridgehead atoms. The average molecular weight is 396 g/mol. The van der Waals surface area contributed by atoms with Crippen LogP contribution in [0.5, 0.6) is 11.5 Å². The van der Waals surface area contributed by atoms with Crippen LogP contribution in [0.15, 0.2) is 42.6 Å². The second-order valence-corrected chi connectivity index (χ2v) is 6.85. The highest BCUT2D eigenvalue weighted by Gasteiger charge is 2.25. The van der Waals surface area contributed by atoms with Crippen molar-refractivity contribution in [2.24, 2.45) is 0 Å². The lowest BCUT2D eigenvalue weighted by Crippen LogP contribution is -2.36. The van der Waals surface area contributed by atoms with Crippen LogP contribution in [0, 0.1) is 5.82 Å². The normalized spacial score (nSPS) is 13.1. The topological polar surface area (TPSA) is 69.5 Å². The third-order valence-corrected chi connectivity index (χ3v) is 5.05. The Balaban J connectivity index is 1.50. The molecule has 1 aliphatic rings. The van der Waals surface area contributed by atoms with Crippen LogP contribution in [-0.2, 0) is 19.5 Å². The first-order chi connectivity index (χ1) is 14.1. The Morgan fingerprint density at radius 3 is 2.59 bits per heavy atom. The Kier molecular flexibility index (Phi) is 5.16. The van der Waals surface area contributed by atoms with Gasteiger partial charge in [-0.3, -0.25) is 4.79 Å². The lowest BCUT2D eigenvalue weighted by atomic mass is 9.98. The Labute approximate surface area is 167 Å². The average Bonchev–Trinajstić information content (AvgIpc) is 3.22. The van der Waals surface area contributed by atoms with Crippen molar-refractivity contribution in [3.05, 3.63) is 70.8 Å². The number of ether oxygens (including phenoxy) is 2. The number of fused-ring (bicyclic) bond motifs is 1. The molecular weight excluding hydrogens is 375 g/mol. The lowest BCUT2D eigenvalue weighted by Gasteiger charge is -2.29. The van der Waals surface area contributed by atoms with E-state index in [0.29, 0.717) is 36.6 Å². The van der Waals surface area contributed by atoms with Crippen LogP contribution in [0.3, 0.4) is 0 Å². The summed E-state index contributed by atoms with van der Waals surface area (Å²) in [7, 11) is 3.19. The summed E-state index contributed by atoms with van der Waals surface area (Å²) >= 11 is 0. The fourth-order valence-electron chi connectivity index (χ4n) is 3.49. The van der Waals surface area contributed by atoms with E-state index in [1.54, 1.807) is 43.5 Å². The van der Waals surface area contributed by atoms with Gasteiger partial charge in [-0.15, -0.1) is 5.10 Å². The van der Waals surface area contributed by atoms with Gasteiger partial charge in [0.1, 0.15) is 5.82 Å². The zero-order valence-corrected chi connectivity index (χ0v) is 16.3. The number of amides is 1. The number of carbonyl (C=O) groups excluding carboxylic acids is 1. The minimum Gasteiger partial charge on any atom is -0.493 e. The maximum absolute atomic E-state index is 13.8. The second-order valence-electron chi connectivity index (χ2n) is 6.85. The van der Waals surface area contributed by atoms with Gasteiger partial charge in [0.15, 0.2) is 17.2 Å². The lowest BCUT2D eigenvalue weighted by molar-refractivity contribution is 0.0728. The highest BCUT2D eigenvalue weighted by atomic mass is 19.1.